The van der Waals surface area contributed by atoms with Crippen molar-refractivity contribution >= 4 is 5.97 Å². The Morgan fingerprint density at radius 1 is 0.375 bits per heavy atom. The fourth-order valence-electron chi connectivity index (χ4n) is 2.93. The number of hydrogen-bond donors (Lipinski definition) is 0. The van der Waals surface area contributed by atoms with E-state index in [1.54, 1.807) is 0 Å². The third-order valence-electron chi connectivity index (χ3n) is 5.03. The summed E-state index contributed by atoms with van der Waals surface area (Å²) in [5, 5.41) is 0. The molecule has 0 aliphatic rings. The van der Waals surface area contributed by atoms with Gasteiger partial charge < -0.3 is 52.1 Å². The summed E-state index contributed by atoms with van der Waals surface area (Å²) in [4.78, 5) is 11.4. The standard InChI is InChI=1S/C28H56O12/c1-3-5-6-7-28(29)40-27-26-39-25-24-38-23-22-37-21-20-36-19-18-35-17-16-34-15-14-33-13-12-32-11-10-31-9-8-30-4-2/h3-27H2,1-2H3. The molecular weight excluding hydrogens is 528 g/mol. The molecule has 0 amide bonds. The van der Waals surface area contributed by atoms with Gasteiger partial charge in [-0.3, -0.25) is 4.79 Å². The lowest BCUT2D eigenvalue weighted by atomic mass is 10.2. The molecule has 40 heavy (non-hydrogen) atoms. The van der Waals surface area contributed by atoms with Crippen LogP contribution in [0.3, 0.4) is 0 Å². The van der Waals surface area contributed by atoms with Gasteiger partial charge >= 0.3 is 5.97 Å². The lowest BCUT2D eigenvalue weighted by Gasteiger charge is -2.09. The van der Waals surface area contributed by atoms with E-state index in [0.717, 1.165) is 19.3 Å². The van der Waals surface area contributed by atoms with Crippen LogP contribution in [0.5, 0.6) is 0 Å². The van der Waals surface area contributed by atoms with Crippen LogP contribution in [-0.2, 0) is 56.9 Å². The summed E-state index contributed by atoms with van der Waals surface area (Å²) in [6.07, 6.45) is 3.50. The van der Waals surface area contributed by atoms with Gasteiger partial charge in [0.05, 0.1) is 126 Å². The first kappa shape index (κ1) is 39.1. The van der Waals surface area contributed by atoms with Crippen LogP contribution >= 0.6 is 0 Å². The number of esters is 1. The number of rotatable bonds is 35. The van der Waals surface area contributed by atoms with Crippen LogP contribution in [0.15, 0.2) is 0 Å². The van der Waals surface area contributed by atoms with Crippen molar-refractivity contribution in [3.8, 4) is 0 Å². The van der Waals surface area contributed by atoms with Gasteiger partial charge in [0.15, 0.2) is 0 Å². The number of carbonyl (C=O) groups is 1. The molecule has 240 valence electrons. The van der Waals surface area contributed by atoms with E-state index in [9.17, 15) is 4.79 Å². The maximum atomic E-state index is 11.4. The van der Waals surface area contributed by atoms with E-state index in [4.69, 9.17) is 52.1 Å². The average Bonchev–Trinajstić information content (AvgIpc) is 2.96. The van der Waals surface area contributed by atoms with Gasteiger partial charge in [0, 0.05) is 13.0 Å². The highest BCUT2D eigenvalue weighted by molar-refractivity contribution is 5.69. The van der Waals surface area contributed by atoms with Gasteiger partial charge in [0.25, 0.3) is 0 Å². The molecule has 0 saturated carbocycles. The first-order chi connectivity index (χ1) is 19.8. The summed E-state index contributed by atoms with van der Waals surface area (Å²) in [5.41, 5.74) is 0. The summed E-state index contributed by atoms with van der Waals surface area (Å²) in [6, 6.07) is 0. The van der Waals surface area contributed by atoms with E-state index in [0.29, 0.717) is 139 Å². The van der Waals surface area contributed by atoms with Crippen LogP contribution in [0, 0.1) is 0 Å². The lowest BCUT2D eigenvalue weighted by Crippen LogP contribution is -2.15. The van der Waals surface area contributed by atoms with Crippen molar-refractivity contribution in [2.24, 2.45) is 0 Å². The fourth-order valence-corrected chi connectivity index (χ4v) is 2.93. The molecular formula is C28H56O12. The van der Waals surface area contributed by atoms with Gasteiger partial charge in [-0.05, 0) is 13.3 Å². The zero-order chi connectivity index (χ0) is 29.0. The highest BCUT2D eigenvalue weighted by Crippen LogP contribution is 2.00. The van der Waals surface area contributed by atoms with Gasteiger partial charge in [-0.2, -0.15) is 0 Å². The molecule has 0 aromatic carbocycles. The smallest absolute Gasteiger partial charge is 0.305 e. The monoisotopic (exact) mass is 584 g/mol. The van der Waals surface area contributed by atoms with Crippen molar-refractivity contribution in [1.82, 2.24) is 0 Å². The van der Waals surface area contributed by atoms with Gasteiger partial charge in [-0.25, -0.2) is 0 Å². The maximum Gasteiger partial charge on any atom is 0.305 e. The number of ether oxygens (including phenoxy) is 11. The van der Waals surface area contributed by atoms with Crippen LogP contribution in [-0.4, -0.2) is 145 Å². The first-order valence-electron chi connectivity index (χ1n) is 14.7. The molecule has 0 atom stereocenters. The fraction of sp³-hybridized carbons (Fsp3) is 0.964. The average molecular weight is 585 g/mol. The predicted octanol–water partition coefficient (Wildman–Crippen LogP) is 2.30. The highest BCUT2D eigenvalue weighted by Gasteiger charge is 2.02. The Hall–Kier alpha value is -0.930. The zero-order valence-electron chi connectivity index (χ0n) is 25.1. The highest BCUT2D eigenvalue weighted by atomic mass is 16.6. The molecule has 0 aromatic heterocycles. The van der Waals surface area contributed by atoms with E-state index < -0.39 is 0 Å². The Labute approximate surface area is 241 Å². The minimum Gasteiger partial charge on any atom is -0.463 e. The molecule has 0 aliphatic heterocycles. The molecule has 0 rings (SSSR count). The molecule has 0 radical (unpaired) electrons. The SMILES string of the molecule is CCCCCC(=O)OCCOCCOCCOCCOCCOCCOCCOCCOCCOCCOCC. The topological polar surface area (TPSA) is 119 Å². The normalized spacial score (nSPS) is 11.3. The van der Waals surface area contributed by atoms with Crippen LogP contribution in [0.4, 0.5) is 0 Å². The van der Waals surface area contributed by atoms with Crippen molar-refractivity contribution in [3.63, 3.8) is 0 Å². The Morgan fingerprint density at radius 3 is 0.925 bits per heavy atom. The second-order valence-electron chi connectivity index (χ2n) is 8.39. The van der Waals surface area contributed by atoms with Crippen LogP contribution in [0.25, 0.3) is 0 Å². The molecule has 0 N–H and O–H groups in total. The maximum absolute atomic E-state index is 11.4. The third-order valence-corrected chi connectivity index (χ3v) is 5.03. The van der Waals surface area contributed by atoms with E-state index in [2.05, 4.69) is 6.92 Å². The molecule has 0 saturated heterocycles. The van der Waals surface area contributed by atoms with E-state index in [1.807, 2.05) is 6.92 Å². The van der Waals surface area contributed by atoms with Crippen LogP contribution < -0.4 is 0 Å². The largest absolute Gasteiger partial charge is 0.463 e. The second kappa shape index (κ2) is 36.1. The summed E-state index contributed by atoms with van der Waals surface area (Å²) >= 11 is 0. The zero-order valence-corrected chi connectivity index (χ0v) is 25.1. The van der Waals surface area contributed by atoms with Crippen molar-refractivity contribution < 1.29 is 56.9 Å². The van der Waals surface area contributed by atoms with Crippen LogP contribution in [0.1, 0.15) is 39.5 Å². The Balaban J connectivity index is 3.06. The summed E-state index contributed by atoms with van der Waals surface area (Å²) in [6.45, 7) is 14.8. The molecule has 0 aromatic rings. The van der Waals surface area contributed by atoms with Crippen molar-refractivity contribution in [1.29, 1.82) is 0 Å². The van der Waals surface area contributed by atoms with Gasteiger partial charge in [-0.1, -0.05) is 19.8 Å². The molecule has 0 unspecified atom stereocenters. The lowest BCUT2D eigenvalue weighted by molar-refractivity contribution is -0.145. The molecule has 0 aliphatic carbocycles. The first-order valence-corrected chi connectivity index (χ1v) is 14.7. The van der Waals surface area contributed by atoms with Gasteiger partial charge in [-0.15, -0.1) is 0 Å². The minimum absolute atomic E-state index is 0.157. The van der Waals surface area contributed by atoms with Crippen molar-refractivity contribution in [2.45, 2.75) is 39.5 Å². The quantitative estimate of drug-likeness (QED) is 0.0803. The predicted molar refractivity (Wildman–Crippen MR) is 149 cm³/mol. The summed E-state index contributed by atoms with van der Waals surface area (Å²) in [5.74, 6) is -0.157. The Kier molecular flexibility index (Phi) is 35.3. The minimum atomic E-state index is -0.157. The molecule has 12 heteroatoms. The van der Waals surface area contributed by atoms with E-state index >= 15 is 0 Å². The van der Waals surface area contributed by atoms with Crippen molar-refractivity contribution in [3.05, 3.63) is 0 Å². The van der Waals surface area contributed by atoms with E-state index in [1.165, 1.54) is 0 Å². The molecule has 0 bridgehead atoms. The van der Waals surface area contributed by atoms with Crippen LogP contribution in [0.2, 0.25) is 0 Å². The summed E-state index contributed by atoms with van der Waals surface area (Å²) in [7, 11) is 0. The third kappa shape index (κ3) is 35.1. The molecule has 0 heterocycles. The molecule has 0 fully saturated rings. The number of hydrogen-bond acceptors (Lipinski definition) is 12. The number of carbonyl (C=O) groups excluding carboxylic acids is 1. The Bertz CT molecular complexity index is 484. The van der Waals surface area contributed by atoms with Gasteiger partial charge in [0.2, 0.25) is 0 Å². The number of unbranched alkanes of at least 4 members (excludes halogenated alkanes) is 2. The molecule has 0 spiro atoms. The van der Waals surface area contributed by atoms with Crippen molar-refractivity contribution in [2.75, 3.05) is 139 Å². The second-order valence-corrected chi connectivity index (χ2v) is 8.39. The Morgan fingerprint density at radius 2 is 0.650 bits per heavy atom. The van der Waals surface area contributed by atoms with Gasteiger partial charge in [0.1, 0.15) is 6.61 Å². The molecule has 12 nitrogen and oxygen atoms in total. The summed E-state index contributed by atoms with van der Waals surface area (Å²) < 4.78 is 59.1. The van der Waals surface area contributed by atoms with E-state index in [-0.39, 0.29) is 12.6 Å².